The molecule has 0 atom stereocenters. The van der Waals surface area contributed by atoms with Crippen LogP contribution in [0, 0.1) is 0 Å². The molecule has 21 heavy (non-hydrogen) atoms. The first-order chi connectivity index (χ1) is 10.2. The highest BCUT2D eigenvalue weighted by molar-refractivity contribution is 5.92. The molecule has 2 heteroatoms. The maximum Gasteiger partial charge on any atom is 0.338 e. The molecule has 0 radical (unpaired) electrons. The number of methoxy groups -OCH3 is 1. The smallest absolute Gasteiger partial charge is 0.338 e. The molecule has 0 saturated heterocycles. The minimum Gasteiger partial charge on any atom is -0.465 e. The summed E-state index contributed by atoms with van der Waals surface area (Å²) in [6.07, 6.45) is 3.15. The van der Waals surface area contributed by atoms with Crippen LogP contribution in [0.5, 0.6) is 0 Å². The fraction of sp³-hybridized carbons (Fsp3) is 0.316. The van der Waals surface area contributed by atoms with Crippen molar-refractivity contribution in [2.45, 2.75) is 31.6 Å². The summed E-state index contributed by atoms with van der Waals surface area (Å²) in [7, 11) is 1.45. The van der Waals surface area contributed by atoms with Crippen LogP contribution in [0.4, 0.5) is 0 Å². The van der Waals surface area contributed by atoms with Gasteiger partial charge in [0.1, 0.15) is 0 Å². The summed E-state index contributed by atoms with van der Waals surface area (Å²) in [5.74, 6) is -0.241. The van der Waals surface area contributed by atoms with E-state index in [0.29, 0.717) is 5.56 Å². The van der Waals surface area contributed by atoms with Crippen LogP contribution in [0.25, 0.3) is 0 Å². The number of hydrogen-bond donors (Lipinski definition) is 0. The highest BCUT2D eigenvalue weighted by Crippen LogP contribution is 2.54. The molecule has 108 valence electrons. The quantitative estimate of drug-likeness (QED) is 0.788. The molecule has 0 unspecified atom stereocenters. The van der Waals surface area contributed by atoms with Crippen LogP contribution >= 0.6 is 0 Å². The van der Waals surface area contributed by atoms with Crippen LogP contribution in [-0.4, -0.2) is 13.1 Å². The Kier molecular flexibility index (Phi) is 3.54. The lowest BCUT2D eigenvalue weighted by molar-refractivity contribution is 0.0599. The Bertz CT molecular complexity index is 655. The number of aryl methyl sites for hydroxylation is 1. The molecule has 0 amide bonds. The van der Waals surface area contributed by atoms with E-state index >= 15 is 0 Å². The van der Waals surface area contributed by atoms with E-state index in [1.54, 1.807) is 0 Å². The zero-order chi connectivity index (χ0) is 14.9. The third-order valence-electron chi connectivity index (χ3n) is 4.49. The summed E-state index contributed by atoms with van der Waals surface area (Å²) in [6.45, 7) is 2.14. The van der Waals surface area contributed by atoms with Crippen molar-refractivity contribution < 1.29 is 9.53 Å². The average molecular weight is 280 g/mol. The van der Waals surface area contributed by atoms with Gasteiger partial charge in [-0.05, 0) is 42.0 Å². The summed E-state index contributed by atoms with van der Waals surface area (Å²) in [5, 5.41) is 0. The summed E-state index contributed by atoms with van der Waals surface area (Å²) in [4.78, 5) is 12.1. The lowest BCUT2D eigenvalue weighted by Crippen LogP contribution is -2.16. The van der Waals surface area contributed by atoms with Crippen LogP contribution in [0.15, 0.2) is 48.5 Å². The van der Waals surface area contributed by atoms with Gasteiger partial charge in [0.2, 0.25) is 0 Å². The van der Waals surface area contributed by atoms with Gasteiger partial charge in [-0.3, -0.25) is 0 Å². The first-order valence-corrected chi connectivity index (χ1v) is 7.48. The SMILES string of the molecule is CCc1ccc(C(=O)OC)c(C2(c3ccccc3)CC2)c1. The van der Waals surface area contributed by atoms with Crippen molar-refractivity contribution in [3.8, 4) is 0 Å². The number of esters is 1. The zero-order valence-corrected chi connectivity index (χ0v) is 12.6. The maximum atomic E-state index is 12.1. The number of carbonyl (C=O) groups excluding carboxylic acids is 1. The Morgan fingerprint density at radius 2 is 1.86 bits per heavy atom. The van der Waals surface area contributed by atoms with Gasteiger partial charge < -0.3 is 4.74 Å². The number of benzene rings is 2. The molecule has 0 heterocycles. The first-order valence-electron chi connectivity index (χ1n) is 7.48. The van der Waals surface area contributed by atoms with E-state index in [-0.39, 0.29) is 11.4 Å². The molecular weight excluding hydrogens is 260 g/mol. The third-order valence-corrected chi connectivity index (χ3v) is 4.49. The molecule has 1 aliphatic carbocycles. The molecule has 0 aromatic heterocycles. The Morgan fingerprint density at radius 3 is 2.43 bits per heavy atom. The molecular formula is C19H20O2. The van der Waals surface area contributed by atoms with Gasteiger partial charge in [0, 0.05) is 5.41 Å². The van der Waals surface area contributed by atoms with E-state index in [9.17, 15) is 4.79 Å². The molecule has 1 fully saturated rings. The predicted octanol–water partition coefficient (Wildman–Crippen LogP) is 4.12. The predicted molar refractivity (Wildman–Crippen MR) is 83.6 cm³/mol. The maximum absolute atomic E-state index is 12.1. The van der Waals surface area contributed by atoms with Gasteiger partial charge in [-0.25, -0.2) is 4.79 Å². The van der Waals surface area contributed by atoms with Crippen molar-refractivity contribution in [3.63, 3.8) is 0 Å². The van der Waals surface area contributed by atoms with Crippen molar-refractivity contribution in [3.05, 3.63) is 70.8 Å². The van der Waals surface area contributed by atoms with Crippen molar-refractivity contribution in [1.82, 2.24) is 0 Å². The van der Waals surface area contributed by atoms with E-state index in [4.69, 9.17) is 4.74 Å². The number of ether oxygens (including phenoxy) is 1. The summed E-state index contributed by atoms with van der Waals surface area (Å²) in [6, 6.07) is 16.6. The number of rotatable bonds is 4. The highest BCUT2D eigenvalue weighted by atomic mass is 16.5. The fourth-order valence-corrected chi connectivity index (χ4v) is 3.09. The number of hydrogen-bond acceptors (Lipinski definition) is 2. The Hall–Kier alpha value is -2.09. The van der Waals surface area contributed by atoms with Crippen molar-refractivity contribution >= 4 is 5.97 Å². The van der Waals surface area contributed by atoms with E-state index in [1.165, 1.54) is 18.2 Å². The summed E-state index contributed by atoms with van der Waals surface area (Å²) < 4.78 is 4.97. The molecule has 2 nitrogen and oxygen atoms in total. The van der Waals surface area contributed by atoms with E-state index < -0.39 is 0 Å². The normalized spacial score (nSPS) is 15.5. The minimum absolute atomic E-state index is 0.00400. The van der Waals surface area contributed by atoms with Crippen LogP contribution in [-0.2, 0) is 16.6 Å². The Balaban J connectivity index is 2.14. The monoisotopic (exact) mass is 280 g/mol. The fourth-order valence-electron chi connectivity index (χ4n) is 3.09. The third kappa shape index (κ3) is 2.35. The van der Waals surface area contributed by atoms with Gasteiger partial charge >= 0.3 is 5.97 Å². The summed E-state index contributed by atoms with van der Waals surface area (Å²) >= 11 is 0. The molecule has 3 rings (SSSR count). The highest BCUT2D eigenvalue weighted by Gasteiger charge is 2.47. The Morgan fingerprint density at radius 1 is 1.14 bits per heavy atom. The van der Waals surface area contributed by atoms with Gasteiger partial charge in [0.15, 0.2) is 0 Å². The number of carbonyl (C=O) groups is 1. The second-order valence-electron chi connectivity index (χ2n) is 5.67. The largest absolute Gasteiger partial charge is 0.465 e. The minimum atomic E-state index is -0.241. The van der Waals surface area contributed by atoms with Crippen LogP contribution in [0.3, 0.4) is 0 Å². The van der Waals surface area contributed by atoms with Gasteiger partial charge in [0.25, 0.3) is 0 Å². The standard InChI is InChI=1S/C19H20O2/c1-3-14-9-10-16(18(20)21-2)17(13-14)19(11-12-19)15-7-5-4-6-8-15/h4-10,13H,3,11-12H2,1-2H3. The molecule has 1 saturated carbocycles. The lowest BCUT2D eigenvalue weighted by atomic mass is 9.84. The molecule has 0 aliphatic heterocycles. The van der Waals surface area contributed by atoms with Crippen molar-refractivity contribution in [2.24, 2.45) is 0 Å². The van der Waals surface area contributed by atoms with Crippen LogP contribution in [0.1, 0.15) is 46.8 Å². The second-order valence-corrected chi connectivity index (χ2v) is 5.67. The lowest BCUT2D eigenvalue weighted by Gasteiger charge is -2.20. The summed E-state index contributed by atoms with van der Waals surface area (Å²) in [5.41, 5.74) is 4.38. The van der Waals surface area contributed by atoms with Crippen LogP contribution in [0.2, 0.25) is 0 Å². The van der Waals surface area contributed by atoms with E-state index in [0.717, 1.165) is 24.8 Å². The molecule has 0 bridgehead atoms. The Labute approximate surface area is 125 Å². The second kappa shape index (κ2) is 5.36. The molecule has 0 N–H and O–H groups in total. The molecule has 1 aliphatic rings. The van der Waals surface area contributed by atoms with Gasteiger partial charge in [-0.2, -0.15) is 0 Å². The zero-order valence-electron chi connectivity index (χ0n) is 12.6. The molecule has 2 aromatic carbocycles. The van der Waals surface area contributed by atoms with Gasteiger partial charge in [0.05, 0.1) is 12.7 Å². The molecule has 2 aromatic rings. The van der Waals surface area contributed by atoms with Crippen molar-refractivity contribution in [1.29, 1.82) is 0 Å². The first kappa shape index (κ1) is 13.9. The van der Waals surface area contributed by atoms with Gasteiger partial charge in [-0.15, -0.1) is 0 Å². The molecule has 0 spiro atoms. The van der Waals surface area contributed by atoms with E-state index in [1.807, 2.05) is 18.2 Å². The topological polar surface area (TPSA) is 26.3 Å². The van der Waals surface area contributed by atoms with Crippen LogP contribution < -0.4 is 0 Å². The average Bonchev–Trinajstić information content (AvgIpc) is 3.36. The van der Waals surface area contributed by atoms with Gasteiger partial charge in [-0.1, -0.05) is 49.4 Å². The van der Waals surface area contributed by atoms with E-state index in [2.05, 4.69) is 37.3 Å². The van der Waals surface area contributed by atoms with Crippen molar-refractivity contribution in [2.75, 3.05) is 7.11 Å².